The summed E-state index contributed by atoms with van der Waals surface area (Å²) in [5.74, 6) is 0.592. The van der Waals surface area contributed by atoms with Gasteiger partial charge < -0.3 is 4.74 Å². The molecule has 4 aromatic rings. The lowest BCUT2D eigenvalue weighted by atomic mass is 10.1. The summed E-state index contributed by atoms with van der Waals surface area (Å²) in [4.78, 5) is 1.97. The number of benzene rings is 3. The van der Waals surface area contributed by atoms with Crippen molar-refractivity contribution in [2.45, 2.75) is 21.6 Å². The molecule has 7 heteroatoms. The maximum Gasteiger partial charge on any atom is 0.283 e. The lowest BCUT2D eigenvalue weighted by Crippen LogP contribution is -2.16. The van der Waals surface area contributed by atoms with Crippen LogP contribution in [0.2, 0.25) is 0 Å². The van der Waals surface area contributed by atoms with Crippen LogP contribution in [0.15, 0.2) is 99.6 Å². The number of rotatable bonds is 6. The average molecular weight is 437 g/mol. The van der Waals surface area contributed by atoms with Gasteiger partial charge in [-0.3, -0.25) is 0 Å². The summed E-state index contributed by atoms with van der Waals surface area (Å²) in [6, 6.07) is 25.6. The fourth-order valence-corrected chi connectivity index (χ4v) is 5.50. The second kappa shape index (κ2) is 8.38. The van der Waals surface area contributed by atoms with Crippen LogP contribution in [0.3, 0.4) is 0 Å². The minimum absolute atomic E-state index is 0.152. The number of ether oxygens (including phenoxy) is 1. The van der Waals surface area contributed by atoms with Crippen molar-refractivity contribution in [2.75, 3.05) is 7.11 Å². The summed E-state index contributed by atoms with van der Waals surface area (Å²) in [5.41, 5.74) is 1.99. The number of methoxy groups -OCH3 is 1. The average Bonchev–Trinajstić information content (AvgIpc) is 3.12. The molecular formula is C23H20N2O3S2. The molecule has 0 fully saturated rings. The maximum absolute atomic E-state index is 13.5. The number of hydrogen-bond donors (Lipinski definition) is 0. The van der Waals surface area contributed by atoms with E-state index >= 15 is 0 Å². The first-order valence-electron chi connectivity index (χ1n) is 9.28. The Hall–Kier alpha value is -3.03. The molecule has 0 saturated carbocycles. The molecule has 0 saturated heterocycles. The smallest absolute Gasteiger partial charge is 0.283 e. The van der Waals surface area contributed by atoms with Crippen LogP contribution in [0, 0.1) is 6.92 Å². The van der Waals surface area contributed by atoms with Crippen molar-refractivity contribution < 1.29 is 13.2 Å². The van der Waals surface area contributed by atoms with Crippen molar-refractivity contribution in [3.8, 4) is 17.0 Å². The van der Waals surface area contributed by atoms with Crippen LogP contribution in [0.4, 0.5) is 0 Å². The molecular weight excluding hydrogens is 416 g/mol. The molecule has 1 aromatic heterocycles. The van der Waals surface area contributed by atoms with E-state index in [1.807, 2.05) is 67.6 Å². The van der Waals surface area contributed by atoms with E-state index in [1.54, 1.807) is 19.2 Å². The molecule has 152 valence electrons. The number of nitrogens with zero attached hydrogens (tertiary/aromatic N) is 2. The molecule has 4 rings (SSSR count). The molecule has 0 N–H and O–H groups in total. The van der Waals surface area contributed by atoms with E-state index < -0.39 is 10.0 Å². The van der Waals surface area contributed by atoms with Crippen LogP contribution < -0.4 is 4.74 Å². The molecule has 0 aliphatic rings. The highest BCUT2D eigenvalue weighted by molar-refractivity contribution is 7.99. The van der Waals surface area contributed by atoms with Crippen LogP contribution in [-0.4, -0.2) is 24.7 Å². The van der Waals surface area contributed by atoms with Crippen LogP contribution in [0.25, 0.3) is 11.3 Å². The molecule has 0 atom stereocenters. The minimum Gasteiger partial charge on any atom is -0.497 e. The molecule has 0 bridgehead atoms. The van der Waals surface area contributed by atoms with E-state index in [9.17, 15) is 8.42 Å². The highest BCUT2D eigenvalue weighted by Crippen LogP contribution is 2.39. The van der Waals surface area contributed by atoms with Crippen LogP contribution in [-0.2, 0) is 10.0 Å². The second-order valence-electron chi connectivity index (χ2n) is 6.57. The minimum atomic E-state index is -3.90. The molecule has 0 unspecified atom stereocenters. The predicted molar refractivity (Wildman–Crippen MR) is 119 cm³/mol. The Morgan fingerprint density at radius 1 is 0.867 bits per heavy atom. The molecule has 0 amide bonds. The van der Waals surface area contributed by atoms with Gasteiger partial charge in [-0.15, -0.1) is 0 Å². The first-order chi connectivity index (χ1) is 14.5. The van der Waals surface area contributed by atoms with Crippen LogP contribution in [0.1, 0.15) is 5.69 Å². The van der Waals surface area contributed by atoms with Crippen LogP contribution in [0.5, 0.6) is 5.75 Å². The standard InChI is InChI=1S/C23H20N2O3S2/c1-17-23(29-20-11-7-4-8-12-20)22(18-9-5-3-6-10-18)25(24-17)30(26,27)21-15-13-19(28-2)14-16-21/h3-16H,1-2H3. The Bertz CT molecular complexity index is 1250. The van der Waals surface area contributed by atoms with Gasteiger partial charge in [-0.25, -0.2) is 0 Å². The van der Waals surface area contributed by atoms with Gasteiger partial charge in [-0.05, 0) is 43.3 Å². The monoisotopic (exact) mass is 436 g/mol. The maximum atomic E-state index is 13.5. The van der Waals surface area contributed by atoms with E-state index in [0.717, 1.165) is 19.4 Å². The largest absolute Gasteiger partial charge is 0.497 e. The van der Waals surface area contributed by atoms with E-state index in [-0.39, 0.29) is 4.90 Å². The third-order valence-electron chi connectivity index (χ3n) is 4.57. The SMILES string of the molecule is COc1ccc(S(=O)(=O)n2nc(C)c(Sc3ccccc3)c2-c2ccccc2)cc1. The van der Waals surface area contributed by atoms with E-state index in [4.69, 9.17) is 4.74 Å². The molecule has 1 heterocycles. The zero-order chi connectivity index (χ0) is 21.1. The third-order valence-corrected chi connectivity index (χ3v) is 7.36. The Balaban J connectivity index is 1.90. The van der Waals surface area contributed by atoms with Crippen molar-refractivity contribution in [1.82, 2.24) is 9.19 Å². The molecule has 0 aliphatic heterocycles. The summed E-state index contributed by atoms with van der Waals surface area (Å²) in [6.45, 7) is 1.83. The predicted octanol–water partition coefficient (Wildman–Crippen LogP) is 5.26. The fourth-order valence-electron chi connectivity index (χ4n) is 3.08. The molecule has 3 aromatic carbocycles. The summed E-state index contributed by atoms with van der Waals surface area (Å²) in [7, 11) is -2.36. The van der Waals surface area contributed by atoms with Gasteiger partial charge in [0.2, 0.25) is 0 Å². The van der Waals surface area contributed by atoms with Gasteiger partial charge in [0, 0.05) is 10.5 Å². The quantitative estimate of drug-likeness (QED) is 0.413. The van der Waals surface area contributed by atoms with Crippen molar-refractivity contribution in [1.29, 1.82) is 0 Å². The highest BCUT2D eigenvalue weighted by atomic mass is 32.2. The number of aromatic nitrogens is 2. The summed E-state index contributed by atoms with van der Waals surface area (Å²) in [5, 5.41) is 4.45. The number of hydrogen-bond acceptors (Lipinski definition) is 5. The second-order valence-corrected chi connectivity index (χ2v) is 9.42. The normalized spacial score (nSPS) is 11.4. The van der Waals surface area contributed by atoms with E-state index in [0.29, 0.717) is 17.1 Å². The van der Waals surface area contributed by atoms with Gasteiger partial charge in [-0.1, -0.05) is 60.3 Å². The Morgan fingerprint density at radius 2 is 1.47 bits per heavy atom. The third kappa shape index (κ3) is 3.86. The summed E-state index contributed by atoms with van der Waals surface area (Å²) < 4.78 is 33.3. The van der Waals surface area contributed by atoms with E-state index in [1.165, 1.54) is 23.9 Å². The Morgan fingerprint density at radius 3 is 2.07 bits per heavy atom. The molecule has 0 spiro atoms. The Labute approximate surface area is 180 Å². The van der Waals surface area contributed by atoms with Crippen molar-refractivity contribution in [2.24, 2.45) is 0 Å². The van der Waals surface area contributed by atoms with Crippen molar-refractivity contribution in [3.63, 3.8) is 0 Å². The molecule has 30 heavy (non-hydrogen) atoms. The van der Waals surface area contributed by atoms with Gasteiger partial charge in [-0.2, -0.15) is 17.6 Å². The van der Waals surface area contributed by atoms with Gasteiger partial charge in [0.25, 0.3) is 10.0 Å². The van der Waals surface area contributed by atoms with Gasteiger partial charge in [0.05, 0.1) is 22.6 Å². The van der Waals surface area contributed by atoms with Crippen LogP contribution >= 0.6 is 11.8 Å². The van der Waals surface area contributed by atoms with Gasteiger partial charge in [0.1, 0.15) is 11.4 Å². The topological polar surface area (TPSA) is 61.2 Å². The van der Waals surface area contributed by atoms with Gasteiger partial charge >= 0.3 is 0 Å². The summed E-state index contributed by atoms with van der Waals surface area (Å²) in [6.07, 6.45) is 0. The fraction of sp³-hybridized carbons (Fsp3) is 0.0870. The first-order valence-corrected chi connectivity index (χ1v) is 11.5. The molecule has 0 aliphatic carbocycles. The Kier molecular flexibility index (Phi) is 5.65. The lowest BCUT2D eigenvalue weighted by molar-refractivity contribution is 0.414. The summed E-state index contributed by atoms with van der Waals surface area (Å²) >= 11 is 1.51. The lowest BCUT2D eigenvalue weighted by Gasteiger charge is -2.11. The molecule has 0 radical (unpaired) electrons. The number of aryl methyl sites for hydroxylation is 1. The zero-order valence-electron chi connectivity index (χ0n) is 16.5. The molecule has 5 nitrogen and oxygen atoms in total. The van der Waals surface area contributed by atoms with E-state index in [2.05, 4.69) is 5.10 Å². The first kappa shape index (κ1) is 20.3. The zero-order valence-corrected chi connectivity index (χ0v) is 18.2. The van der Waals surface area contributed by atoms with Gasteiger partial charge in [0.15, 0.2) is 0 Å². The van der Waals surface area contributed by atoms with Crippen molar-refractivity contribution >= 4 is 21.8 Å². The highest BCUT2D eigenvalue weighted by Gasteiger charge is 2.27. The van der Waals surface area contributed by atoms with Crippen molar-refractivity contribution in [3.05, 3.63) is 90.6 Å².